The van der Waals surface area contributed by atoms with Gasteiger partial charge in [-0.05, 0) is 45.7 Å². The van der Waals surface area contributed by atoms with Crippen LogP contribution in [0.2, 0.25) is 0 Å². The summed E-state index contributed by atoms with van der Waals surface area (Å²) in [5.41, 5.74) is -0.744. The molecule has 0 radical (unpaired) electrons. The van der Waals surface area contributed by atoms with Crippen molar-refractivity contribution in [3.05, 3.63) is 0 Å². The lowest BCUT2D eigenvalue weighted by Crippen LogP contribution is -2.51. The molecule has 0 aromatic carbocycles. The van der Waals surface area contributed by atoms with Crippen molar-refractivity contribution in [2.24, 2.45) is 0 Å². The Bertz CT molecular complexity index is 325. The summed E-state index contributed by atoms with van der Waals surface area (Å²) in [6, 6.07) is 0.434. The molecule has 0 aromatic rings. The van der Waals surface area contributed by atoms with Crippen LogP contribution in [0.4, 0.5) is 0 Å². The molecule has 2 aliphatic rings. The molecule has 0 amide bonds. The molecular formula is C15H29N3O2. The summed E-state index contributed by atoms with van der Waals surface area (Å²) in [4.78, 5) is 16.4. The number of nitrogens with one attached hydrogen (secondary N) is 1. The van der Waals surface area contributed by atoms with Crippen molar-refractivity contribution < 1.29 is 9.90 Å². The maximum atomic E-state index is 11.5. The Kier molecular flexibility index (Phi) is 5.41. The number of nitrogens with zero attached hydrogens (tertiary/aromatic N) is 2. The van der Waals surface area contributed by atoms with E-state index in [1.807, 2.05) is 6.92 Å². The third-order valence-electron chi connectivity index (χ3n) is 4.64. The monoisotopic (exact) mass is 283 g/mol. The smallest absolute Gasteiger partial charge is 0.323 e. The first-order valence-electron chi connectivity index (χ1n) is 7.99. The van der Waals surface area contributed by atoms with Crippen molar-refractivity contribution in [1.29, 1.82) is 0 Å². The zero-order valence-corrected chi connectivity index (χ0v) is 12.9. The average molecular weight is 283 g/mol. The predicted molar refractivity (Wildman–Crippen MR) is 80.0 cm³/mol. The van der Waals surface area contributed by atoms with Gasteiger partial charge in [-0.2, -0.15) is 0 Å². The SMILES string of the molecule is CCN1CCN(CCCC(C)(NC2CC2)C(=O)O)CC1. The van der Waals surface area contributed by atoms with E-state index in [0.717, 1.165) is 58.5 Å². The Hall–Kier alpha value is -0.650. The summed E-state index contributed by atoms with van der Waals surface area (Å²) < 4.78 is 0. The highest BCUT2D eigenvalue weighted by atomic mass is 16.4. The molecule has 1 heterocycles. The van der Waals surface area contributed by atoms with Crippen LogP contribution in [0.1, 0.15) is 39.5 Å². The van der Waals surface area contributed by atoms with Crippen LogP contribution < -0.4 is 5.32 Å². The van der Waals surface area contributed by atoms with Crippen LogP contribution in [-0.4, -0.2) is 71.7 Å². The average Bonchev–Trinajstić information content (AvgIpc) is 3.23. The number of likely N-dealkylation sites (N-methyl/N-ethyl adjacent to an activating group) is 1. The van der Waals surface area contributed by atoms with Crippen LogP contribution in [-0.2, 0) is 4.79 Å². The summed E-state index contributed by atoms with van der Waals surface area (Å²) in [7, 11) is 0. The normalized spacial score (nSPS) is 24.5. The fourth-order valence-corrected chi connectivity index (χ4v) is 2.90. The zero-order chi connectivity index (χ0) is 14.6. The first-order chi connectivity index (χ1) is 9.53. The maximum absolute atomic E-state index is 11.5. The highest BCUT2D eigenvalue weighted by Gasteiger charge is 2.38. The van der Waals surface area contributed by atoms with Gasteiger partial charge in [-0.1, -0.05) is 6.92 Å². The van der Waals surface area contributed by atoms with Gasteiger partial charge in [0.05, 0.1) is 0 Å². The van der Waals surface area contributed by atoms with Gasteiger partial charge >= 0.3 is 5.97 Å². The van der Waals surface area contributed by atoms with E-state index in [9.17, 15) is 9.90 Å². The number of carboxylic acid groups (broad SMARTS) is 1. The van der Waals surface area contributed by atoms with Gasteiger partial charge in [0.15, 0.2) is 0 Å². The molecule has 1 atom stereocenters. The number of piperazine rings is 1. The van der Waals surface area contributed by atoms with E-state index in [4.69, 9.17) is 0 Å². The third kappa shape index (κ3) is 4.43. The van der Waals surface area contributed by atoms with Gasteiger partial charge in [-0.3, -0.25) is 10.1 Å². The van der Waals surface area contributed by atoms with Gasteiger partial charge in [0.2, 0.25) is 0 Å². The molecule has 5 nitrogen and oxygen atoms in total. The number of carbonyl (C=O) groups is 1. The summed E-state index contributed by atoms with van der Waals surface area (Å²) in [5, 5.41) is 12.7. The molecule has 1 saturated heterocycles. The van der Waals surface area contributed by atoms with E-state index < -0.39 is 11.5 Å². The molecule has 116 valence electrons. The number of hydrogen-bond acceptors (Lipinski definition) is 4. The molecule has 2 rings (SSSR count). The highest BCUT2D eigenvalue weighted by Crippen LogP contribution is 2.25. The van der Waals surface area contributed by atoms with E-state index in [1.165, 1.54) is 0 Å². The predicted octanol–water partition coefficient (Wildman–Crippen LogP) is 0.999. The molecule has 1 aliphatic carbocycles. The fourth-order valence-electron chi connectivity index (χ4n) is 2.90. The lowest BCUT2D eigenvalue weighted by Gasteiger charge is -2.34. The van der Waals surface area contributed by atoms with Crippen LogP contribution in [0.15, 0.2) is 0 Å². The second-order valence-electron chi connectivity index (χ2n) is 6.44. The molecule has 20 heavy (non-hydrogen) atoms. The minimum atomic E-state index is -0.744. The molecule has 2 fully saturated rings. The Balaban J connectivity index is 1.69. The molecule has 1 unspecified atom stereocenters. The second-order valence-corrected chi connectivity index (χ2v) is 6.44. The number of rotatable bonds is 8. The van der Waals surface area contributed by atoms with Gasteiger partial charge in [0.25, 0.3) is 0 Å². The Morgan fingerprint density at radius 3 is 2.35 bits per heavy atom. The molecule has 1 aliphatic heterocycles. The molecule has 0 bridgehead atoms. The van der Waals surface area contributed by atoms with E-state index in [0.29, 0.717) is 12.5 Å². The first-order valence-corrected chi connectivity index (χ1v) is 7.99. The quantitative estimate of drug-likeness (QED) is 0.696. The van der Waals surface area contributed by atoms with Crippen molar-refractivity contribution in [2.75, 3.05) is 39.3 Å². The van der Waals surface area contributed by atoms with Crippen LogP contribution in [0, 0.1) is 0 Å². The minimum absolute atomic E-state index is 0.434. The lowest BCUT2D eigenvalue weighted by atomic mass is 9.95. The van der Waals surface area contributed by atoms with Crippen LogP contribution in [0.25, 0.3) is 0 Å². The fraction of sp³-hybridized carbons (Fsp3) is 0.933. The molecule has 0 aromatic heterocycles. The summed E-state index contributed by atoms with van der Waals surface area (Å²) >= 11 is 0. The van der Waals surface area contributed by atoms with Gasteiger partial charge in [-0.15, -0.1) is 0 Å². The van der Waals surface area contributed by atoms with Crippen LogP contribution in [0.3, 0.4) is 0 Å². The Labute approximate surface area is 122 Å². The van der Waals surface area contributed by atoms with E-state index in [1.54, 1.807) is 0 Å². The molecule has 5 heteroatoms. The van der Waals surface area contributed by atoms with Crippen molar-refractivity contribution in [3.63, 3.8) is 0 Å². The Morgan fingerprint density at radius 1 is 1.25 bits per heavy atom. The molecular weight excluding hydrogens is 254 g/mol. The van der Waals surface area contributed by atoms with Crippen molar-refractivity contribution >= 4 is 5.97 Å². The summed E-state index contributed by atoms with van der Waals surface area (Å²) in [6.07, 6.45) is 3.92. The van der Waals surface area contributed by atoms with Gasteiger partial charge in [0.1, 0.15) is 5.54 Å². The van der Waals surface area contributed by atoms with Crippen LogP contribution in [0.5, 0.6) is 0 Å². The third-order valence-corrected chi connectivity index (χ3v) is 4.64. The van der Waals surface area contributed by atoms with Crippen molar-refractivity contribution in [3.8, 4) is 0 Å². The van der Waals surface area contributed by atoms with E-state index >= 15 is 0 Å². The van der Waals surface area contributed by atoms with E-state index in [-0.39, 0.29) is 0 Å². The van der Waals surface area contributed by atoms with Gasteiger partial charge < -0.3 is 14.9 Å². The standard InChI is InChI=1S/C15H29N3O2/c1-3-17-9-11-18(12-10-17)8-4-7-15(2,14(19)20)16-13-5-6-13/h13,16H,3-12H2,1-2H3,(H,19,20). The topological polar surface area (TPSA) is 55.8 Å². The minimum Gasteiger partial charge on any atom is -0.480 e. The zero-order valence-electron chi connectivity index (χ0n) is 12.9. The van der Waals surface area contributed by atoms with Gasteiger partial charge in [0, 0.05) is 32.2 Å². The number of carboxylic acids is 1. The maximum Gasteiger partial charge on any atom is 0.323 e. The highest BCUT2D eigenvalue weighted by molar-refractivity contribution is 5.78. The lowest BCUT2D eigenvalue weighted by molar-refractivity contribution is -0.144. The number of aliphatic carboxylic acids is 1. The summed E-state index contributed by atoms with van der Waals surface area (Å²) in [6.45, 7) is 10.7. The largest absolute Gasteiger partial charge is 0.480 e. The first kappa shape index (κ1) is 15.7. The summed E-state index contributed by atoms with van der Waals surface area (Å²) in [5.74, 6) is -0.708. The molecule has 1 saturated carbocycles. The molecule has 2 N–H and O–H groups in total. The second kappa shape index (κ2) is 6.87. The Morgan fingerprint density at radius 2 is 1.85 bits per heavy atom. The van der Waals surface area contributed by atoms with E-state index in [2.05, 4.69) is 22.0 Å². The number of hydrogen-bond donors (Lipinski definition) is 2. The van der Waals surface area contributed by atoms with Crippen molar-refractivity contribution in [1.82, 2.24) is 15.1 Å². The van der Waals surface area contributed by atoms with Crippen molar-refractivity contribution in [2.45, 2.75) is 51.1 Å². The van der Waals surface area contributed by atoms with Gasteiger partial charge in [-0.25, -0.2) is 0 Å². The molecule has 0 spiro atoms. The van der Waals surface area contributed by atoms with Crippen LogP contribution >= 0.6 is 0 Å².